The molecule has 2 rings (SSSR count). The lowest BCUT2D eigenvalue weighted by atomic mass is 10.2. The van der Waals surface area contributed by atoms with Crippen LogP contribution in [-0.4, -0.2) is 22.9 Å². The van der Waals surface area contributed by atoms with Crippen LogP contribution in [0.1, 0.15) is 5.56 Å². The van der Waals surface area contributed by atoms with E-state index in [0.29, 0.717) is 27.0 Å². The molecule has 0 aliphatic carbocycles. The second kappa shape index (κ2) is 8.57. The molecule has 0 saturated carbocycles. The van der Waals surface area contributed by atoms with Gasteiger partial charge in [0.15, 0.2) is 0 Å². The van der Waals surface area contributed by atoms with Crippen molar-refractivity contribution >= 4 is 45.0 Å². The van der Waals surface area contributed by atoms with Crippen molar-refractivity contribution in [2.24, 2.45) is 0 Å². The Kier molecular flexibility index (Phi) is 6.66. The van der Waals surface area contributed by atoms with Gasteiger partial charge in [0.25, 0.3) is 5.56 Å². The van der Waals surface area contributed by atoms with Crippen molar-refractivity contribution < 1.29 is 22.8 Å². The van der Waals surface area contributed by atoms with Gasteiger partial charge in [-0.25, -0.2) is 0 Å². The van der Waals surface area contributed by atoms with Gasteiger partial charge in [0, 0.05) is 10.7 Å². The van der Waals surface area contributed by atoms with Crippen molar-refractivity contribution in [3.8, 4) is 0 Å². The maximum absolute atomic E-state index is 12.8. The zero-order valence-corrected chi connectivity index (χ0v) is 15.8. The fourth-order valence-corrected chi connectivity index (χ4v) is 2.63. The summed E-state index contributed by atoms with van der Waals surface area (Å²) in [6.07, 6.45) is -4.23. The average Bonchev–Trinajstić information content (AvgIpc) is 2.58. The minimum absolute atomic E-state index is 0.429. The number of anilines is 1. The highest BCUT2D eigenvalue weighted by molar-refractivity contribution is 9.10. The van der Waals surface area contributed by atoms with Gasteiger partial charge in [-0.05, 0) is 34.1 Å². The summed E-state index contributed by atoms with van der Waals surface area (Å²) in [5, 5.41) is 4.10. The van der Waals surface area contributed by atoms with Crippen LogP contribution in [0, 0.1) is 0 Å². The second-order valence-corrected chi connectivity index (χ2v) is 6.57. The van der Waals surface area contributed by atoms with Crippen molar-refractivity contribution in [3.63, 3.8) is 0 Å². The smallest absolute Gasteiger partial charge is 0.345 e. The van der Waals surface area contributed by atoms with E-state index in [9.17, 15) is 27.6 Å². The van der Waals surface area contributed by atoms with E-state index in [1.54, 1.807) is 24.3 Å². The molecule has 1 aromatic carbocycles. The molecule has 0 saturated heterocycles. The van der Waals surface area contributed by atoms with E-state index in [4.69, 9.17) is 11.6 Å². The van der Waals surface area contributed by atoms with Gasteiger partial charge < -0.3 is 15.2 Å². The summed E-state index contributed by atoms with van der Waals surface area (Å²) in [7, 11) is 0. The number of aromatic nitrogens is 1. The predicted molar refractivity (Wildman–Crippen MR) is 96.5 cm³/mol. The molecule has 0 radical (unpaired) electrons. The molecule has 0 unspecified atom stereocenters. The molecule has 0 fully saturated rings. The van der Waals surface area contributed by atoms with Crippen LogP contribution < -0.4 is 16.2 Å². The standard InChI is InChI=1S/C16H12BrClF3N3O3/c17-10-3-1-2-4-12(10)23-13(25)6-22-14(26)8-24-7-9(16(19,20)21)5-11(18)15(24)27/h1-5,7H,6,8H2,(H,22,26)(H,23,25). The van der Waals surface area contributed by atoms with Crippen LogP contribution in [0.15, 0.2) is 45.8 Å². The van der Waals surface area contributed by atoms with E-state index in [2.05, 4.69) is 26.6 Å². The highest BCUT2D eigenvalue weighted by Gasteiger charge is 2.32. The molecule has 0 spiro atoms. The number of nitrogens with one attached hydrogen (secondary N) is 2. The average molecular weight is 467 g/mol. The number of alkyl halides is 3. The largest absolute Gasteiger partial charge is 0.417 e. The summed E-state index contributed by atoms with van der Waals surface area (Å²) in [6, 6.07) is 7.28. The number of halogens is 5. The molecule has 0 atom stereocenters. The molecule has 0 aliphatic heterocycles. The second-order valence-electron chi connectivity index (χ2n) is 5.31. The Morgan fingerprint density at radius 3 is 2.48 bits per heavy atom. The van der Waals surface area contributed by atoms with Crippen molar-refractivity contribution in [3.05, 3.63) is 61.9 Å². The normalized spacial score (nSPS) is 11.1. The van der Waals surface area contributed by atoms with Crippen LogP contribution in [0.4, 0.5) is 18.9 Å². The Hall–Kier alpha value is -2.33. The summed E-state index contributed by atoms with van der Waals surface area (Å²) in [5.41, 5.74) is -1.62. The van der Waals surface area contributed by atoms with E-state index in [-0.39, 0.29) is 0 Å². The van der Waals surface area contributed by atoms with Crippen molar-refractivity contribution in [1.82, 2.24) is 9.88 Å². The highest BCUT2D eigenvalue weighted by atomic mass is 79.9. The Labute approximate surface area is 164 Å². The van der Waals surface area contributed by atoms with Gasteiger partial charge in [-0.15, -0.1) is 0 Å². The first-order valence-corrected chi connectivity index (χ1v) is 8.53. The summed E-state index contributed by atoms with van der Waals surface area (Å²) in [4.78, 5) is 35.5. The van der Waals surface area contributed by atoms with Crippen molar-refractivity contribution in [2.45, 2.75) is 12.7 Å². The number of hydrogen-bond acceptors (Lipinski definition) is 3. The van der Waals surface area contributed by atoms with Crippen molar-refractivity contribution in [1.29, 1.82) is 0 Å². The number of carbonyl (C=O) groups is 2. The number of hydrogen-bond donors (Lipinski definition) is 2. The first kappa shape index (κ1) is 21.0. The molecule has 1 aromatic heterocycles. The topological polar surface area (TPSA) is 80.2 Å². The Balaban J connectivity index is 2.00. The third kappa shape index (κ3) is 5.83. The fourth-order valence-electron chi connectivity index (χ4n) is 2.02. The van der Waals surface area contributed by atoms with Crippen molar-refractivity contribution in [2.75, 3.05) is 11.9 Å². The number of para-hydroxylation sites is 1. The van der Waals surface area contributed by atoms with Gasteiger partial charge in [-0.3, -0.25) is 14.4 Å². The SMILES string of the molecule is O=C(Cn1cc(C(F)(F)F)cc(Cl)c1=O)NCC(=O)Nc1ccccc1Br. The lowest BCUT2D eigenvalue weighted by Gasteiger charge is -2.12. The fraction of sp³-hybridized carbons (Fsp3) is 0.188. The quantitative estimate of drug-likeness (QED) is 0.711. The number of amides is 2. The van der Waals surface area contributed by atoms with Gasteiger partial charge >= 0.3 is 6.18 Å². The van der Waals surface area contributed by atoms with Crippen LogP contribution in [0.25, 0.3) is 0 Å². The molecular weight excluding hydrogens is 455 g/mol. The van der Waals surface area contributed by atoms with E-state index < -0.39 is 47.2 Å². The first-order valence-electron chi connectivity index (χ1n) is 7.36. The van der Waals surface area contributed by atoms with Gasteiger partial charge in [0.2, 0.25) is 11.8 Å². The predicted octanol–water partition coefficient (Wildman–Crippen LogP) is 3.04. The molecule has 144 valence electrons. The maximum atomic E-state index is 12.8. The Morgan fingerprint density at radius 2 is 1.85 bits per heavy atom. The number of pyridine rings is 1. The molecule has 0 aliphatic rings. The Bertz CT molecular complexity index is 931. The van der Waals surface area contributed by atoms with Gasteiger partial charge in [-0.1, -0.05) is 23.7 Å². The molecule has 27 heavy (non-hydrogen) atoms. The Morgan fingerprint density at radius 1 is 1.19 bits per heavy atom. The van der Waals surface area contributed by atoms with E-state index in [0.717, 1.165) is 0 Å². The summed E-state index contributed by atoms with van der Waals surface area (Å²) < 4.78 is 39.5. The van der Waals surface area contributed by atoms with E-state index in [1.165, 1.54) is 0 Å². The maximum Gasteiger partial charge on any atom is 0.417 e. The molecule has 2 amide bonds. The van der Waals surface area contributed by atoms with Gasteiger partial charge in [-0.2, -0.15) is 13.2 Å². The van der Waals surface area contributed by atoms with E-state index >= 15 is 0 Å². The minimum Gasteiger partial charge on any atom is -0.345 e. The molecule has 2 aromatic rings. The molecule has 0 bridgehead atoms. The third-order valence-electron chi connectivity index (χ3n) is 3.28. The number of carbonyl (C=O) groups excluding carboxylic acids is 2. The monoisotopic (exact) mass is 465 g/mol. The number of benzene rings is 1. The zero-order valence-electron chi connectivity index (χ0n) is 13.4. The number of rotatable bonds is 5. The lowest BCUT2D eigenvalue weighted by Crippen LogP contribution is -2.37. The number of nitrogens with zero attached hydrogens (tertiary/aromatic N) is 1. The summed E-state index contributed by atoms with van der Waals surface area (Å²) >= 11 is 8.75. The molecule has 6 nitrogen and oxygen atoms in total. The summed E-state index contributed by atoms with van der Waals surface area (Å²) in [5.74, 6) is -1.38. The van der Waals surface area contributed by atoms with E-state index in [1.807, 2.05) is 0 Å². The zero-order chi connectivity index (χ0) is 20.2. The van der Waals surface area contributed by atoms with Crippen LogP contribution in [0.5, 0.6) is 0 Å². The minimum atomic E-state index is -4.72. The highest BCUT2D eigenvalue weighted by Crippen LogP contribution is 2.29. The first-order chi connectivity index (χ1) is 12.6. The van der Waals surface area contributed by atoms with Crippen LogP contribution in [0.3, 0.4) is 0 Å². The van der Waals surface area contributed by atoms with Crippen LogP contribution in [-0.2, 0) is 22.3 Å². The molecule has 1 heterocycles. The summed E-state index contributed by atoms with van der Waals surface area (Å²) in [6.45, 7) is -1.15. The third-order valence-corrected chi connectivity index (χ3v) is 4.24. The van der Waals surface area contributed by atoms with Gasteiger partial charge in [0.05, 0.1) is 17.8 Å². The van der Waals surface area contributed by atoms with Crippen LogP contribution >= 0.6 is 27.5 Å². The van der Waals surface area contributed by atoms with Crippen LogP contribution in [0.2, 0.25) is 5.02 Å². The molecule has 2 N–H and O–H groups in total. The van der Waals surface area contributed by atoms with Gasteiger partial charge in [0.1, 0.15) is 11.6 Å². The molecular formula is C16H12BrClF3N3O3. The lowest BCUT2D eigenvalue weighted by molar-refractivity contribution is -0.138. The molecule has 11 heteroatoms.